The Morgan fingerprint density at radius 1 is 1.31 bits per heavy atom. The first-order valence-corrected chi connectivity index (χ1v) is 9.95. The van der Waals surface area contributed by atoms with Crippen LogP contribution >= 0.6 is 11.6 Å². The van der Waals surface area contributed by atoms with Crippen molar-refractivity contribution >= 4 is 44.3 Å². The summed E-state index contributed by atoms with van der Waals surface area (Å²) in [6, 6.07) is 10.7. The first-order valence-electron chi connectivity index (χ1n) is 8.13. The number of carbonyl (C=O) groups is 1. The summed E-state index contributed by atoms with van der Waals surface area (Å²) in [5.41, 5.74) is 1.38. The molecule has 1 aromatic heterocycles. The Kier molecular flexibility index (Phi) is 5.69. The normalized spacial score (nSPS) is 11.4. The maximum absolute atomic E-state index is 12.3. The summed E-state index contributed by atoms with van der Waals surface area (Å²) < 4.78 is 25.7. The highest BCUT2D eigenvalue weighted by molar-refractivity contribution is 7.89. The summed E-state index contributed by atoms with van der Waals surface area (Å²) >= 11 is 5.93. The SMILES string of the molecule is CN(C)S(=O)(=O)c1ccc2nnn(OCC(=O)Nc3ccc(C#N)c(Cl)c3)c2c1. The lowest BCUT2D eigenvalue weighted by Crippen LogP contribution is -2.26. The predicted molar refractivity (Wildman–Crippen MR) is 105 cm³/mol. The lowest BCUT2D eigenvalue weighted by atomic mass is 10.2. The molecule has 0 saturated heterocycles. The summed E-state index contributed by atoms with van der Waals surface area (Å²) in [6.07, 6.45) is 0. The van der Waals surface area contributed by atoms with E-state index in [1.54, 1.807) is 0 Å². The Bertz CT molecular complexity index is 1230. The average Bonchev–Trinajstić information content (AvgIpc) is 3.08. The molecule has 2 aromatic carbocycles. The zero-order valence-electron chi connectivity index (χ0n) is 15.3. The van der Waals surface area contributed by atoms with Crippen molar-refractivity contribution in [3.63, 3.8) is 0 Å². The highest BCUT2D eigenvalue weighted by Gasteiger charge is 2.19. The molecule has 0 aliphatic carbocycles. The van der Waals surface area contributed by atoms with Gasteiger partial charge in [-0.1, -0.05) is 16.4 Å². The minimum absolute atomic E-state index is 0.0406. The molecular formula is C17H15ClN6O4S. The molecule has 1 heterocycles. The summed E-state index contributed by atoms with van der Waals surface area (Å²) in [4.78, 5) is 18.5. The van der Waals surface area contributed by atoms with E-state index in [2.05, 4.69) is 15.6 Å². The van der Waals surface area contributed by atoms with Gasteiger partial charge in [-0.25, -0.2) is 12.7 Å². The zero-order chi connectivity index (χ0) is 21.2. The Balaban J connectivity index is 1.74. The van der Waals surface area contributed by atoms with Crippen LogP contribution in [0, 0.1) is 11.3 Å². The minimum atomic E-state index is -3.65. The van der Waals surface area contributed by atoms with Crippen LogP contribution < -0.4 is 10.2 Å². The molecular weight excluding hydrogens is 420 g/mol. The lowest BCUT2D eigenvalue weighted by Gasteiger charge is -2.11. The number of hydrogen-bond donors (Lipinski definition) is 1. The number of nitriles is 1. The molecule has 29 heavy (non-hydrogen) atoms. The van der Waals surface area contributed by atoms with Gasteiger partial charge in [0.2, 0.25) is 10.0 Å². The molecule has 0 atom stereocenters. The smallest absolute Gasteiger partial charge is 0.265 e. The van der Waals surface area contributed by atoms with Gasteiger partial charge in [-0.05, 0) is 41.6 Å². The molecule has 0 bridgehead atoms. The molecule has 1 N–H and O–H groups in total. The van der Waals surface area contributed by atoms with Crippen LogP contribution in [0.3, 0.4) is 0 Å². The maximum Gasteiger partial charge on any atom is 0.265 e. The number of carbonyl (C=O) groups excluding carboxylic acids is 1. The van der Waals surface area contributed by atoms with Crippen LogP contribution in [0.4, 0.5) is 5.69 Å². The summed E-state index contributed by atoms with van der Waals surface area (Å²) in [5, 5.41) is 19.3. The number of sulfonamides is 1. The van der Waals surface area contributed by atoms with Crippen LogP contribution in [0.1, 0.15) is 5.56 Å². The van der Waals surface area contributed by atoms with Crippen molar-refractivity contribution in [2.45, 2.75) is 4.90 Å². The molecule has 0 aliphatic rings. The Morgan fingerprint density at radius 3 is 2.72 bits per heavy atom. The Labute approximate surface area is 171 Å². The fraction of sp³-hybridized carbons (Fsp3) is 0.176. The summed E-state index contributed by atoms with van der Waals surface area (Å²) in [5.74, 6) is -0.508. The molecule has 0 aliphatic heterocycles. The fourth-order valence-corrected chi connectivity index (χ4v) is 3.49. The quantitative estimate of drug-likeness (QED) is 0.618. The van der Waals surface area contributed by atoms with Crippen LogP contribution in [0.2, 0.25) is 5.02 Å². The van der Waals surface area contributed by atoms with Gasteiger partial charge in [0.25, 0.3) is 5.91 Å². The molecule has 3 rings (SSSR count). The third-order valence-electron chi connectivity index (χ3n) is 3.86. The van der Waals surface area contributed by atoms with Crippen molar-refractivity contribution in [1.82, 2.24) is 19.5 Å². The van der Waals surface area contributed by atoms with Crippen LogP contribution in [-0.4, -0.2) is 54.5 Å². The number of nitrogens with zero attached hydrogens (tertiary/aromatic N) is 5. The second-order valence-electron chi connectivity index (χ2n) is 6.03. The average molecular weight is 435 g/mol. The molecule has 1 amide bonds. The molecule has 0 saturated carbocycles. The minimum Gasteiger partial charge on any atom is -0.385 e. The first-order chi connectivity index (χ1) is 13.7. The monoisotopic (exact) mass is 434 g/mol. The van der Waals surface area contributed by atoms with Crippen molar-refractivity contribution < 1.29 is 18.0 Å². The highest BCUT2D eigenvalue weighted by Crippen LogP contribution is 2.20. The number of halogens is 1. The van der Waals surface area contributed by atoms with Gasteiger partial charge >= 0.3 is 0 Å². The van der Waals surface area contributed by atoms with E-state index >= 15 is 0 Å². The van der Waals surface area contributed by atoms with E-state index in [0.29, 0.717) is 22.3 Å². The van der Waals surface area contributed by atoms with Crippen molar-refractivity contribution in [2.75, 3.05) is 26.0 Å². The Hall–Kier alpha value is -3.20. The van der Waals surface area contributed by atoms with E-state index in [9.17, 15) is 13.2 Å². The van der Waals surface area contributed by atoms with E-state index in [-0.39, 0.29) is 9.92 Å². The van der Waals surface area contributed by atoms with E-state index < -0.39 is 22.5 Å². The van der Waals surface area contributed by atoms with Gasteiger partial charge in [0.15, 0.2) is 6.61 Å². The largest absolute Gasteiger partial charge is 0.385 e. The number of fused-ring (bicyclic) bond motifs is 1. The molecule has 12 heteroatoms. The second kappa shape index (κ2) is 8.04. The third kappa shape index (κ3) is 4.29. The van der Waals surface area contributed by atoms with Gasteiger partial charge < -0.3 is 10.2 Å². The van der Waals surface area contributed by atoms with Crippen molar-refractivity contribution in [3.05, 3.63) is 47.0 Å². The topological polar surface area (TPSA) is 130 Å². The van der Waals surface area contributed by atoms with Crippen molar-refractivity contribution in [2.24, 2.45) is 0 Å². The first kappa shape index (κ1) is 20.5. The number of anilines is 1. The number of nitrogens with one attached hydrogen (secondary N) is 1. The maximum atomic E-state index is 12.3. The number of benzene rings is 2. The van der Waals surface area contributed by atoms with Crippen LogP contribution in [0.5, 0.6) is 0 Å². The fourth-order valence-electron chi connectivity index (χ4n) is 2.35. The standard InChI is InChI=1S/C17H15ClN6O4S/c1-23(2)29(26,27)13-5-6-15-16(8-13)24(22-21-15)28-10-17(25)20-12-4-3-11(9-19)14(18)7-12/h3-8H,10H2,1-2H3,(H,20,25). The van der Waals surface area contributed by atoms with Gasteiger partial charge in [0, 0.05) is 19.8 Å². The zero-order valence-corrected chi connectivity index (χ0v) is 16.9. The van der Waals surface area contributed by atoms with Crippen LogP contribution in [0.25, 0.3) is 11.0 Å². The molecule has 150 valence electrons. The van der Waals surface area contributed by atoms with Gasteiger partial charge in [0.1, 0.15) is 17.1 Å². The number of hydrogen-bond acceptors (Lipinski definition) is 7. The summed E-state index contributed by atoms with van der Waals surface area (Å²) in [6.45, 7) is -0.416. The third-order valence-corrected chi connectivity index (χ3v) is 5.98. The van der Waals surface area contributed by atoms with Crippen molar-refractivity contribution in [1.29, 1.82) is 5.26 Å². The van der Waals surface area contributed by atoms with E-state index in [1.807, 2.05) is 6.07 Å². The van der Waals surface area contributed by atoms with E-state index in [1.165, 1.54) is 50.5 Å². The van der Waals surface area contributed by atoms with Gasteiger partial charge in [-0.15, -0.1) is 5.10 Å². The van der Waals surface area contributed by atoms with E-state index in [0.717, 1.165) is 9.15 Å². The highest BCUT2D eigenvalue weighted by atomic mass is 35.5. The lowest BCUT2D eigenvalue weighted by molar-refractivity contribution is -0.121. The van der Waals surface area contributed by atoms with Crippen molar-refractivity contribution in [3.8, 4) is 6.07 Å². The van der Waals surface area contributed by atoms with Crippen LogP contribution in [0.15, 0.2) is 41.3 Å². The summed E-state index contributed by atoms with van der Waals surface area (Å²) in [7, 11) is -0.807. The predicted octanol–water partition coefficient (Wildman–Crippen LogP) is 1.27. The second-order valence-corrected chi connectivity index (χ2v) is 8.59. The molecule has 0 fully saturated rings. The number of aromatic nitrogens is 3. The van der Waals surface area contributed by atoms with Crippen LogP contribution in [-0.2, 0) is 14.8 Å². The molecule has 0 radical (unpaired) electrons. The molecule has 0 unspecified atom stereocenters. The number of amides is 1. The number of rotatable bonds is 6. The Morgan fingerprint density at radius 2 is 2.07 bits per heavy atom. The molecule has 0 spiro atoms. The molecule has 10 nitrogen and oxygen atoms in total. The molecule has 3 aromatic rings. The van der Waals surface area contributed by atoms with Gasteiger partial charge in [-0.3, -0.25) is 4.79 Å². The van der Waals surface area contributed by atoms with Gasteiger partial charge in [0.05, 0.1) is 15.5 Å². The van der Waals surface area contributed by atoms with E-state index in [4.69, 9.17) is 21.7 Å². The van der Waals surface area contributed by atoms with Gasteiger partial charge in [-0.2, -0.15) is 5.26 Å².